The van der Waals surface area contributed by atoms with Gasteiger partial charge in [0.25, 0.3) is 0 Å². The van der Waals surface area contributed by atoms with Crippen LogP contribution in [0.15, 0.2) is 0 Å². The molecule has 0 amide bonds. The second-order valence-corrected chi connectivity index (χ2v) is 5.29. The summed E-state index contributed by atoms with van der Waals surface area (Å²) in [7, 11) is 0. The van der Waals surface area contributed by atoms with Crippen molar-refractivity contribution in [2.24, 2.45) is 0 Å². The fourth-order valence-electron chi connectivity index (χ4n) is 0.508. The first-order valence-corrected chi connectivity index (χ1v) is 6.24. The van der Waals surface area contributed by atoms with Gasteiger partial charge in [0.05, 0.1) is 0 Å². The van der Waals surface area contributed by atoms with Crippen LogP contribution in [0.2, 0.25) is 5.21 Å². The van der Waals surface area contributed by atoms with Crippen LogP contribution in [0.4, 0.5) is 0 Å². The van der Waals surface area contributed by atoms with Crippen LogP contribution in [0.25, 0.3) is 0 Å². The average Bonchev–Trinajstić information content (AvgIpc) is 1.88. The molecule has 56 valence electrons. The van der Waals surface area contributed by atoms with E-state index >= 15 is 0 Å². The first-order valence-electron chi connectivity index (χ1n) is 3.38. The number of rotatable bonds is 5. The molecule has 0 aliphatic carbocycles. The van der Waals surface area contributed by atoms with Crippen LogP contribution < -0.4 is 0 Å². The summed E-state index contributed by atoms with van der Waals surface area (Å²) >= 11 is -1.27. The Hall–Kier alpha value is 0.478. The van der Waals surface area contributed by atoms with Crippen LogP contribution in [0.5, 0.6) is 0 Å². The Morgan fingerprint density at radius 1 is 1.00 bits per heavy atom. The minimum absolute atomic E-state index is 0.799. The van der Waals surface area contributed by atoms with Crippen molar-refractivity contribution in [2.45, 2.75) is 26.0 Å². The fourth-order valence-corrected chi connectivity index (χ4v) is 2.64. The van der Waals surface area contributed by atoms with E-state index in [9.17, 15) is 0 Å². The van der Waals surface area contributed by atoms with Crippen molar-refractivity contribution in [3.8, 4) is 0 Å². The van der Waals surface area contributed by atoms with Crippen molar-refractivity contribution < 1.29 is 7.45 Å². The molecule has 0 unspecified atom stereocenters. The van der Waals surface area contributed by atoms with Gasteiger partial charge in [-0.25, -0.2) is 0 Å². The van der Waals surface area contributed by atoms with Gasteiger partial charge in [-0.2, -0.15) is 0 Å². The molecule has 0 saturated heterocycles. The fraction of sp³-hybridized carbons (Fsp3) is 1.00. The Labute approximate surface area is 62.5 Å². The van der Waals surface area contributed by atoms with Crippen molar-refractivity contribution in [1.29, 1.82) is 0 Å². The van der Waals surface area contributed by atoms with E-state index in [2.05, 4.69) is 6.92 Å². The van der Waals surface area contributed by atoms with Crippen LogP contribution >= 0.6 is 0 Å². The van der Waals surface area contributed by atoms with Crippen molar-refractivity contribution in [3.63, 3.8) is 0 Å². The molecular formula is C6H15AsO2. The Balaban J connectivity index is 3.18. The van der Waals surface area contributed by atoms with E-state index in [-0.39, 0.29) is 0 Å². The van der Waals surface area contributed by atoms with E-state index in [0.717, 1.165) is 18.4 Å². The van der Waals surface area contributed by atoms with Crippen LogP contribution in [-0.4, -0.2) is 28.5 Å². The second kappa shape index (κ2) is 6.60. The van der Waals surface area contributed by atoms with Gasteiger partial charge in [-0.05, 0) is 0 Å². The first-order chi connectivity index (χ1) is 4.35. The van der Waals surface area contributed by atoms with E-state index in [4.69, 9.17) is 7.45 Å². The summed E-state index contributed by atoms with van der Waals surface area (Å²) in [5.74, 6) is 0. The Morgan fingerprint density at radius 2 is 1.44 bits per heavy atom. The van der Waals surface area contributed by atoms with Crippen molar-refractivity contribution in [2.75, 3.05) is 13.2 Å². The molecule has 0 atom stereocenters. The molecule has 0 saturated carbocycles. The van der Waals surface area contributed by atoms with Gasteiger partial charge in [0, 0.05) is 0 Å². The molecule has 0 aliphatic heterocycles. The standard InChI is InChI=1S/C6H15AsO2/c1-4-7(8-5-2)9-6-3/h4-6H2,1-3H3. The summed E-state index contributed by atoms with van der Waals surface area (Å²) in [6, 6.07) is 0. The molecule has 3 heteroatoms. The van der Waals surface area contributed by atoms with Crippen molar-refractivity contribution in [1.82, 2.24) is 0 Å². The molecule has 0 spiro atoms. The summed E-state index contributed by atoms with van der Waals surface area (Å²) in [5, 5.41) is 1.08. The summed E-state index contributed by atoms with van der Waals surface area (Å²) in [6.45, 7) is 7.74. The van der Waals surface area contributed by atoms with Crippen molar-refractivity contribution in [3.05, 3.63) is 0 Å². The average molecular weight is 194 g/mol. The van der Waals surface area contributed by atoms with E-state index in [0.29, 0.717) is 0 Å². The molecule has 0 heterocycles. The molecule has 9 heavy (non-hydrogen) atoms. The Morgan fingerprint density at radius 3 is 1.67 bits per heavy atom. The summed E-state index contributed by atoms with van der Waals surface area (Å²) < 4.78 is 10.7. The van der Waals surface area contributed by atoms with Gasteiger partial charge in [-0.1, -0.05) is 0 Å². The Kier molecular flexibility index (Phi) is 6.95. The van der Waals surface area contributed by atoms with Gasteiger partial charge in [0.15, 0.2) is 0 Å². The van der Waals surface area contributed by atoms with E-state index < -0.39 is 15.3 Å². The molecule has 0 aromatic rings. The minimum atomic E-state index is -1.27. The monoisotopic (exact) mass is 194 g/mol. The van der Waals surface area contributed by atoms with E-state index in [1.165, 1.54) is 0 Å². The van der Waals surface area contributed by atoms with Crippen LogP contribution in [0.1, 0.15) is 20.8 Å². The Bertz CT molecular complexity index is 53.0. The molecule has 0 aliphatic rings. The molecule has 0 bridgehead atoms. The quantitative estimate of drug-likeness (QED) is 0.618. The van der Waals surface area contributed by atoms with Gasteiger partial charge >= 0.3 is 62.0 Å². The van der Waals surface area contributed by atoms with Gasteiger partial charge in [-0.15, -0.1) is 0 Å². The maximum absolute atomic E-state index is 5.36. The molecule has 0 aromatic carbocycles. The van der Waals surface area contributed by atoms with Gasteiger partial charge in [0.1, 0.15) is 0 Å². The van der Waals surface area contributed by atoms with Crippen LogP contribution in [-0.2, 0) is 7.45 Å². The zero-order chi connectivity index (χ0) is 7.11. The third-order valence-electron chi connectivity index (χ3n) is 0.804. The molecule has 0 radical (unpaired) electrons. The third-order valence-corrected chi connectivity index (χ3v) is 4.18. The first kappa shape index (κ1) is 9.48. The third kappa shape index (κ3) is 4.95. The topological polar surface area (TPSA) is 18.5 Å². The maximum atomic E-state index is 5.36. The van der Waals surface area contributed by atoms with E-state index in [1.54, 1.807) is 0 Å². The van der Waals surface area contributed by atoms with Crippen LogP contribution in [0, 0.1) is 0 Å². The molecule has 0 rings (SSSR count). The van der Waals surface area contributed by atoms with E-state index in [1.807, 2.05) is 13.8 Å². The van der Waals surface area contributed by atoms with Crippen LogP contribution in [0.3, 0.4) is 0 Å². The second-order valence-electron chi connectivity index (χ2n) is 1.48. The molecule has 0 fully saturated rings. The zero-order valence-corrected chi connectivity index (χ0v) is 8.26. The summed E-state index contributed by atoms with van der Waals surface area (Å²) in [5.41, 5.74) is 0. The molecular weight excluding hydrogens is 179 g/mol. The number of hydrogen-bond donors (Lipinski definition) is 0. The predicted molar refractivity (Wildman–Crippen MR) is 39.5 cm³/mol. The SMILES string of the molecule is CCO[As](CC)OCC. The van der Waals surface area contributed by atoms with Gasteiger partial charge in [-0.3, -0.25) is 0 Å². The molecule has 2 nitrogen and oxygen atoms in total. The van der Waals surface area contributed by atoms with Crippen molar-refractivity contribution >= 4 is 15.3 Å². The predicted octanol–water partition coefficient (Wildman–Crippen LogP) is 1.57. The zero-order valence-electron chi connectivity index (χ0n) is 6.39. The normalized spacial score (nSPS) is 10.7. The molecule has 0 aromatic heterocycles. The summed E-state index contributed by atoms with van der Waals surface area (Å²) in [6.07, 6.45) is 0. The molecule has 0 N–H and O–H groups in total. The number of hydrogen-bond acceptors (Lipinski definition) is 2. The summed E-state index contributed by atoms with van der Waals surface area (Å²) in [4.78, 5) is 0. The van der Waals surface area contributed by atoms with Gasteiger partial charge < -0.3 is 0 Å². The van der Waals surface area contributed by atoms with Gasteiger partial charge in [0.2, 0.25) is 0 Å².